The van der Waals surface area contributed by atoms with E-state index in [0.29, 0.717) is 5.75 Å². The van der Waals surface area contributed by atoms with Crippen LogP contribution in [-0.4, -0.2) is 17.2 Å². The Morgan fingerprint density at radius 3 is 2.50 bits per heavy atom. The summed E-state index contributed by atoms with van der Waals surface area (Å²) in [6, 6.07) is 9.69. The first-order chi connectivity index (χ1) is 7.59. The van der Waals surface area contributed by atoms with Crippen LogP contribution in [0.2, 0.25) is 0 Å². The van der Waals surface area contributed by atoms with Crippen molar-refractivity contribution < 1.29 is 14.3 Å². The molecule has 0 heterocycles. The van der Waals surface area contributed by atoms with Crippen molar-refractivity contribution in [2.45, 2.75) is 25.7 Å². The van der Waals surface area contributed by atoms with Crippen molar-refractivity contribution in [3.8, 4) is 0 Å². The molecular formula is C12H14O3S. The Hall–Kier alpha value is -1.29. The number of thioether (sulfide) groups is 1. The van der Waals surface area contributed by atoms with Gasteiger partial charge in [-0.15, -0.1) is 0 Å². The van der Waals surface area contributed by atoms with Crippen LogP contribution in [0, 0.1) is 0 Å². The van der Waals surface area contributed by atoms with E-state index in [2.05, 4.69) is 0 Å². The van der Waals surface area contributed by atoms with E-state index >= 15 is 0 Å². The average molecular weight is 238 g/mol. The average Bonchev–Trinajstić information content (AvgIpc) is 2.26. The molecule has 3 nitrogen and oxygen atoms in total. The van der Waals surface area contributed by atoms with Crippen molar-refractivity contribution in [1.82, 2.24) is 0 Å². The number of hydrogen-bond acceptors (Lipinski definition) is 4. The van der Waals surface area contributed by atoms with Crippen LogP contribution in [0.1, 0.15) is 19.4 Å². The summed E-state index contributed by atoms with van der Waals surface area (Å²) >= 11 is 1.16. The number of esters is 1. The molecule has 1 atom stereocenters. The van der Waals surface area contributed by atoms with Crippen molar-refractivity contribution >= 4 is 22.8 Å². The fourth-order valence-corrected chi connectivity index (χ4v) is 1.93. The molecule has 16 heavy (non-hydrogen) atoms. The van der Waals surface area contributed by atoms with Gasteiger partial charge in [-0.2, -0.15) is 0 Å². The Bertz CT molecular complexity index is 362. The number of benzene rings is 1. The van der Waals surface area contributed by atoms with Gasteiger partial charge in [0.2, 0.25) is 5.12 Å². The summed E-state index contributed by atoms with van der Waals surface area (Å²) in [5.41, 5.74) is 1.08. The first-order valence-electron chi connectivity index (χ1n) is 4.97. The highest BCUT2D eigenvalue weighted by Crippen LogP contribution is 2.15. The summed E-state index contributed by atoms with van der Waals surface area (Å²) < 4.78 is 4.79. The molecule has 0 saturated heterocycles. The smallest absolute Gasteiger partial charge is 0.303 e. The maximum Gasteiger partial charge on any atom is 0.303 e. The quantitative estimate of drug-likeness (QED) is 0.755. The number of carbonyl (C=O) groups excluding carboxylic acids is 2. The van der Waals surface area contributed by atoms with Gasteiger partial charge in [-0.05, 0) is 12.5 Å². The van der Waals surface area contributed by atoms with Gasteiger partial charge in [-0.1, -0.05) is 42.1 Å². The standard InChI is InChI=1S/C12H14O3S/c1-9(15-10(2)13)12(14)16-8-11-6-4-3-5-7-11/h3-7,9H,8H2,1-2H3/t9-/m0/s1. The lowest BCUT2D eigenvalue weighted by Gasteiger charge is -2.09. The molecule has 0 aliphatic heterocycles. The highest BCUT2D eigenvalue weighted by atomic mass is 32.2. The fraction of sp³-hybridized carbons (Fsp3) is 0.333. The van der Waals surface area contributed by atoms with Gasteiger partial charge in [0.15, 0.2) is 6.10 Å². The highest BCUT2D eigenvalue weighted by molar-refractivity contribution is 8.13. The van der Waals surface area contributed by atoms with Gasteiger partial charge in [-0.25, -0.2) is 0 Å². The molecule has 0 fully saturated rings. The predicted octanol–water partition coefficient (Wildman–Crippen LogP) is 2.40. The third-order valence-electron chi connectivity index (χ3n) is 1.90. The van der Waals surface area contributed by atoms with Gasteiger partial charge < -0.3 is 4.74 Å². The molecule has 0 bridgehead atoms. The summed E-state index contributed by atoms with van der Waals surface area (Å²) in [4.78, 5) is 22.2. The first kappa shape index (κ1) is 12.8. The third kappa shape index (κ3) is 4.49. The van der Waals surface area contributed by atoms with Crippen molar-refractivity contribution in [3.63, 3.8) is 0 Å². The van der Waals surface area contributed by atoms with Crippen LogP contribution in [0.3, 0.4) is 0 Å². The van der Waals surface area contributed by atoms with Gasteiger partial charge in [0.1, 0.15) is 0 Å². The Morgan fingerprint density at radius 1 is 1.31 bits per heavy atom. The van der Waals surface area contributed by atoms with E-state index in [9.17, 15) is 9.59 Å². The minimum atomic E-state index is -0.675. The van der Waals surface area contributed by atoms with Gasteiger partial charge in [0, 0.05) is 12.7 Å². The monoisotopic (exact) mass is 238 g/mol. The van der Waals surface area contributed by atoms with Crippen LogP contribution >= 0.6 is 11.8 Å². The molecule has 0 spiro atoms. The molecule has 0 amide bonds. The minimum Gasteiger partial charge on any atom is -0.454 e. The first-order valence-corrected chi connectivity index (χ1v) is 5.96. The van der Waals surface area contributed by atoms with Crippen LogP contribution in [0.15, 0.2) is 30.3 Å². The molecule has 0 aliphatic carbocycles. The van der Waals surface area contributed by atoms with Crippen LogP contribution in [0.25, 0.3) is 0 Å². The molecule has 4 heteroatoms. The van der Waals surface area contributed by atoms with E-state index in [4.69, 9.17) is 4.74 Å². The summed E-state index contributed by atoms with van der Waals surface area (Å²) in [5, 5.41) is -0.126. The molecule has 1 rings (SSSR count). The van der Waals surface area contributed by atoms with Crippen molar-refractivity contribution in [2.75, 3.05) is 0 Å². The summed E-state index contributed by atoms with van der Waals surface area (Å²) in [6.45, 7) is 2.88. The topological polar surface area (TPSA) is 43.4 Å². The SMILES string of the molecule is CC(=O)O[C@@H](C)C(=O)SCc1ccccc1. The Balaban J connectivity index is 2.38. The fourth-order valence-electron chi connectivity index (χ4n) is 1.14. The lowest BCUT2D eigenvalue weighted by molar-refractivity contribution is -0.149. The number of rotatable bonds is 4. The molecule has 0 aliphatic rings. The second-order valence-corrected chi connectivity index (χ2v) is 4.32. The van der Waals surface area contributed by atoms with Crippen molar-refractivity contribution in [1.29, 1.82) is 0 Å². The highest BCUT2D eigenvalue weighted by Gasteiger charge is 2.15. The maximum absolute atomic E-state index is 11.5. The van der Waals surface area contributed by atoms with E-state index in [-0.39, 0.29) is 5.12 Å². The second kappa shape index (κ2) is 6.33. The molecular weight excluding hydrogens is 224 g/mol. The van der Waals surface area contributed by atoms with Crippen LogP contribution in [0.5, 0.6) is 0 Å². The third-order valence-corrected chi connectivity index (χ3v) is 2.99. The Kier molecular flexibility index (Phi) is 5.05. The predicted molar refractivity (Wildman–Crippen MR) is 64.0 cm³/mol. The minimum absolute atomic E-state index is 0.126. The van der Waals surface area contributed by atoms with Crippen LogP contribution in [0.4, 0.5) is 0 Å². The van der Waals surface area contributed by atoms with Crippen LogP contribution in [-0.2, 0) is 20.1 Å². The molecule has 86 valence electrons. The molecule has 0 saturated carbocycles. The maximum atomic E-state index is 11.5. The Labute approximate surface area is 99.2 Å². The normalized spacial score (nSPS) is 11.9. The van der Waals surface area contributed by atoms with Crippen LogP contribution < -0.4 is 0 Å². The summed E-state index contributed by atoms with van der Waals surface area (Å²) in [6.07, 6.45) is -0.675. The molecule has 0 unspecified atom stereocenters. The largest absolute Gasteiger partial charge is 0.454 e. The van der Waals surface area contributed by atoms with Gasteiger partial charge >= 0.3 is 5.97 Å². The summed E-state index contributed by atoms with van der Waals surface area (Å²) in [5.74, 6) is 0.173. The zero-order valence-electron chi connectivity index (χ0n) is 9.30. The molecule has 1 aromatic carbocycles. The molecule has 0 radical (unpaired) electrons. The zero-order valence-corrected chi connectivity index (χ0v) is 10.1. The van der Waals surface area contributed by atoms with E-state index in [1.807, 2.05) is 30.3 Å². The van der Waals surface area contributed by atoms with Crippen molar-refractivity contribution in [2.24, 2.45) is 0 Å². The number of hydrogen-bond donors (Lipinski definition) is 0. The molecule has 1 aromatic rings. The van der Waals surface area contributed by atoms with E-state index in [1.54, 1.807) is 6.92 Å². The van der Waals surface area contributed by atoms with Crippen molar-refractivity contribution in [3.05, 3.63) is 35.9 Å². The lowest BCUT2D eigenvalue weighted by atomic mass is 10.2. The molecule has 0 N–H and O–H groups in total. The summed E-state index contributed by atoms with van der Waals surface area (Å²) in [7, 11) is 0. The Morgan fingerprint density at radius 2 is 1.94 bits per heavy atom. The van der Waals surface area contributed by atoms with E-state index in [0.717, 1.165) is 17.3 Å². The molecule has 0 aromatic heterocycles. The van der Waals surface area contributed by atoms with E-state index < -0.39 is 12.1 Å². The second-order valence-electron chi connectivity index (χ2n) is 3.34. The zero-order chi connectivity index (χ0) is 12.0. The van der Waals surface area contributed by atoms with E-state index in [1.165, 1.54) is 6.92 Å². The number of ether oxygens (including phenoxy) is 1. The van der Waals surface area contributed by atoms with Gasteiger partial charge in [0.25, 0.3) is 0 Å². The van der Waals surface area contributed by atoms with Gasteiger partial charge in [-0.3, -0.25) is 9.59 Å². The lowest BCUT2D eigenvalue weighted by Crippen LogP contribution is -2.20. The van der Waals surface area contributed by atoms with Gasteiger partial charge in [0.05, 0.1) is 0 Å². The number of carbonyl (C=O) groups is 2.